The number of ketones is 1. The molecule has 50 heavy (non-hydrogen) atoms. The van der Waals surface area contributed by atoms with E-state index in [2.05, 4.69) is 9.80 Å². The van der Waals surface area contributed by atoms with Gasteiger partial charge in [-0.15, -0.1) is 11.3 Å². The second kappa shape index (κ2) is 16.2. The van der Waals surface area contributed by atoms with Gasteiger partial charge in [0.05, 0.1) is 26.9 Å². The van der Waals surface area contributed by atoms with Crippen molar-refractivity contribution in [1.29, 1.82) is 0 Å². The van der Waals surface area contributed by atoms with Gasteiger partial charge in [0.1, 0.15) is 30.5 Å². The molecule has 0 radical (unpaired) electrons. The summed E-state index contributed by atoms with van der Waals surface area (Å²) in [5.41, 5.74) is 4.34. The summed E-state index contributed by atoms with van der Waals surface area (Å²) in [5, 5.41) is 10.5. The summed E-state index contributed by atoms with van der Waals surface area (Å²) in [4.78, 5) is 20.1. The third-order valence-corrected chi connectivity index (χ3v) is 10.9. The Morgan fingerprint density at radius 3 is 2.50 bits per heavy atom. The summed E-state index contributed by atoms with van der Waals surface area (Å²) < 4.78 is 24.6. The fraction of sp³-hybridized carbons (Fsp3) is 0.341. The highest BCUT2D eigenvalue weighted by Crippen LogP contribution is 2.42. The molecule has 2 saturated heterocycles. The van der Waals surface area contributed by atoms with E-state index in [9.17, 15) is 9.90 Å². The fourth-order valence-corrected chi connectivity index (χ4v) is 8.11. The number of aliphatic hydroxyl groups is 1. The zero-order valence-corrected chi connectivity index (χ0v) is 29.3. The molecule has 0 spiro atoms. The summed E-state index contributed by atoms with van der Waals surface area (Å²) in [6.07, 6.45) is 2.15. The maximum atomic E-state index is 14.5. The van der Waals surface area contributed by atoms with Gasteiger partial charge in [-0.1, -0.05) is 42.5 Å². The van der Waals surface area contributed by atoms with E-state index in [0.29, 0.717) is 30.1 Å². The standard InChI is InChI=1S/C41H44N2O6S/c1-46-37-24-31(9-10-32(37)26-42-18-21-47-22-19-42)40(45)39-36-16-15-35(49-28-29-6-3-2-4-7-29)25-38(36)50-41(39)30-11-13-34(14-12-30)48-23-20-43-17-5-8-33(43)27-44/h2-4,6-7,9-16,24-25,33,44H,5,8,17-23,26-28H2,1H3/t33-/m0/s1. The minimum absolute atomic E-state index is 0.0511. The van der Waals surface area contributed by atoms with Crippen molar-refractivity contribution < 1.29 is 28.8 Å². The number of hydrogen-bond donors (Lipinski definition) is 1. The number of nitrogens with zero attached hydrogens (tertiary/aromatic N) is 2. The molecule has 260 valence electrons. The number of methoxy groups -OCH3 is 1. The van der Waals surface area contributed by atoms with Crippen LogP contribution in [0.1, 0.15) is 39.9 Å². The number of carbonyl (C=O) groups excluding carboxylic acids is 1. The second-order valence-corrected chi connectivity index (χ2v) is 13.9. The Bertz CT molecular complexity index is 1890. The van der Waals surface area contributed by atoms with Crippen LogP contribution in [0.5, 0.6) is 17.2 Å². The van der Waals surface area contributed by atoms with Crippen LogP contribution in [-0.2, 0) is 17.9 Å². The second-order valence-electron chi connectivity index (χ2n) is 12.9. The molecule has 8 nitrogen and oxygen atoms in total. The number of benzene rings is 4. The van der Waals surface area contributed by atoms with Gasteiger partial charge in [-0.05, 0) is 79.0 Å². The highest BCUT2D eigenvalue weighted by atomic mass is 32.1. The molecule has 1 aromatic heterocycles. The SMILES string of the molecule is COc1cc(C(=O)c2c(-c3ccc(OCCN4CCC[C@H]4CO)cc3)sc3cc(OCc4ccccc4)ccc23)ccc1CN1CCOCC1. The molecule has 2 fully saturated rings. The van der Waals surface area contributed by atoms with Gasteiger partial charge in [-0.2, -0.15) is 0 Å². The van der Waals surface area contributed by atoms with Crippen LogP contribution in [0.15, 0.2) is 91.0 Å². The summed E-state index contributed by atoms with van der Waals surface area (Å²) in [5.74, 6) is 2.19. The average Bonchev–Trinajstić information content (AvgIpc) is 3.79. The van der Waals surface area contributed by atoms with Crippen molar-refractivity contribution in [2.75, 3.05) is 59.7 Å². The van der Waals surface area contributed by atoms with Gasteiger partial charge in [-0.3, -0.25) is 14.6 Å². The molecular formula is C41H44N2O6S. The maximum Gasteiger partial charge on any atom is 0.195 e. The van der Waals surface area contributed by atoms with Gasteiger partial charge >= 0.3 is 0 Å². The van der Waals surface area contributed by atoms with E-state index in [4.69, 9.17) is 18.9 Å². The molecule has 2 aliphatic rings. The Morgan fingerprint density at radius 1 is 0.920 bits per heavy atom. The van der Waals surface area contributed by atoms with Crippen LogP contribution in [0.4, 0.5) is 0 Å². The van der Waals surface area contributed by atoms with Crippen molar-refractivity contribution in [3.63, 3.8) is 0 Å². The Balaban J connectivity index is 1.16. The van der Waals surface area contributed by atoms with E-state index in [1.807, 2.05) is 91.0 Å². The Morgan fingerprint density at radius 2 is 1.72 bits per heavy atom. The minimum Gasteiger partial charge on any atom is -0.496 e. The number of aliphatic hydroxyl groups excluding tert-OH is 1. The van der Waals surface area contributed by atoms with E-state index in [1.165, 1.54) is 0 Å². The Labute approximate surface area is 297 Å². The Kier molecular flexibility index (Phi) is 11.1. The molecule has 4 aromatic carbocycles. The molecule has 5 aromatic rings. The van der Waals surface area contributed by atoms with Crippen LogP contribution in [0.3, 0.4) is 0 Å². The van der Waals surface area contributed by atoms with Crippen LogP contribution < -0.4 is 14.2 Å². The molecular weight excluding hydrogens is 649 g/mol. The molecule has 1 N–H and O–H groups in total. The third-order valence-electron chi connectivity index (χ3n) is 9.66. The fourth-order valence-electron chi connectivity index (χ4n) is 6.88. The van der Waals surface area contributed by atoms with Crippen molar-refractivity contribution in [3.8, 4) is 27.7 Å². The van der Waals surface area contributed by atoms with Crippen LogP contribution in [-0.4, -0.2) is 86.4 Å². The summed E-state index contributed by atoms with van der Waals surface area (Å²) in [6, 6.07) is 30.1. The highest BCUT2D eigenvalue weighted by Gasteiger charge is 2.25. The molecule has 0 amide bonds. The number of ether oxygens (including phenoxy) is 4. The number of rotatable bonds is 14. The van der Waals surface area contributed by atoms with Gasteiger partial charge in [0.2, 0.25) is 0 Å². The van der Waals surface area contributed by atoms with Gasteiger partial charge in [-0.25, -0.2) is 0 Å². The third kappa shape index (κ3) is 7.88. The predicted molar refractivity (Wildman–Crippen MR) is 198 cm³/mol. The quantitative estimate of drug-likeness (QED) is 0.124. The maximum absolute atomic E-state index is 14.5. The number of carbonyl (C=O) groups is 1. The first-order chi connectivity index (χ1) is 24.6. The van der Waals surface area contributed by atoms with Gasteiger partial charge in [0.25, 0.3) is 0 Å². The monoisotopic (exact) mass is 692 g/mol. The highest BCUT2D eigenvalue weighted by molar-refractivity contribution is 7.22. The number of likely N-dealkylation sites (tertiary alicyclic amines) is 1. The number of fused-ring (bicyclic) bond motifs is 1. The van der Waals surface area contributed by atoms with Crippen LogP contribution in [0.25, 0.3) is 20.5 Å². The normalized spacial score (nSPS) is 16.9. The van der Waals surface area contributed by atoms with E-state index < -0.39 is 0 Å². The van der Waals surface area contributed by atoms with Gasteiger partial charge in [0.15, 0.2) is 5.78 Å². The van der Waals surface area contributed by atoms with Crippen LogP contribution in [0, 0.1) is 0 Å². The van der Waals surface area contributed by atoms with Gasteiger partial charge in [0, 0.05) is 63.9 Å². The molecule has 1 atom stereocenters. The smallest absolute Gasteiger partial charge is 0.195 e. The Hall–Kier alpha value is -4.25. The lowest BCUT2D eigenvalue weighted by Crippen LogP contribution is -2.35. The number of morpholine rings is 1. The zero-order chi connectivity index (χ0) is 34.3. The lowest BCUT2D eigenvalue weighted by atomic mass is 9.96. The van der Waals surface area contributed by atoms with Crippen molar-refractivity contribution in [3.05, 3.63) is 113 Å². The number of thiophene rings is 1. The first kappa shape index (κ1) is 34.2. The van der Waals surface area contributed by atoms with E-state index in [-0.39, 0.29) is 18.4 Å². The van der Waals surface area contributed by atoms with E-state index in [1.54, 1.807) is 18.4 Å². The molecule has 7 rings (SSSR count). The van der Waals surface area contributed by atoms with Gasteiger partial charge < -0.3 is 24.1 Å². The lowest BCUT2D eigenvalue weighted by Gasteiger charge is -2.27. The predicted octanol–water partition coefficient (Wildman–Crippen LogP) is 7.05. The first-order valence-corrected chi connectivity index (χ1v) is 18.2. The van der Waals surface area contributed by atoms with E-state index in [0.717, 1.165) is 102 Å². The van der Waals surface area contributed by atoms with Crippen LogP contribution in [0.2, 0.25) is 0 Å². The van der Waals surface area contributed by atoms with Crippen molar-refractivity contribution in [2.24, 2.45) is 0 Å². The summed E-state index contributed by atoms with van der Waals surface area (Å²) in [6.45, 7) is 6.93. The van der Waals surface area contributed by atoms with Crippen molar-refractivity contribution in [1.82, 2.24) is 9.80 Å². The van der Waals surface area contributed by atoms with Crippen molar-refractivity contribution >= 4 is 27.2 Å². The molecule has 0 saturated carbocycles. The largest absolute Gasteiger partial charge is 0.496 e. The zero-order valence-electron chi connectivity index (χ0n) is 28.5. The topological polar surface area (TPSA) is 80.7 Å². The van der Waals surface area contributed by atoms with E-state index >= 15 is 0 Å². The minimum atomic E-state index is -0.0511. The average molecular weight is 693 g/mol. The first-order valence-electron chi connectivity index (χ1n) is 17.4. The molecule has 0 bridgehead atoms. The molecule has 0 unspecified atom stereocenters. The molecule has 2 aliphatic heterocycles. The van der Waals surface area contributed by atoms with Crippen LogP contribution >= 0.6 is 11.3 Å². The molecule has 3 heterocycles. The number of hydrogen-bond acceptors (Lipinski definition) is 9. The molecule has 9 heteroatoms. The summed E-state index contributed by atoms with van der Waals surface area (Å²) in [7, 11) is 1.66. The molecule has 0 aliphatic carbocycles. The lowest BCUT2D eigenvalue weighted by molar-refractivity contribution is 0.0339. The van der Waals surface area contributed by atoms with Crippen molar-refractivity contribution in [2.45, 2.75) is 32.0 Å². The summed E-state index contributed by atoms with van der Waals surface area (Å²) >= 11 is 1.59.